The molecule has 0 aliphatic carbocycles. The molecule has 7 heteroatoms. The molecule has 1 aromatic carbocycles. The first-order valence-electron chi connectivity index (χ1n) is 5.68. The lowest BCUT2D eigenvalue weighted by atomic mass is 10.1. The Kier molecular flexibility index (Phi) is 3.51. The standard InChI is InChI=1S/C11H14N2O4S/c14-13(15)11-3-1-9(2-4-11)12-10-5-7-18(16,17)8-6-10/h1-4,10,12H,5-8H2. The van der Waals surface area contributed by atoms with Crippen molar-refractivity contribution in [1.29, 1.82) is 0 Å². The van der Waals surface area contributed by atoms with E-state index >= 15 is 0 Å². The van der Waals surface area contributed by atoms with Gasteiger partial charge in [0.1, 0.15) is 9.84 Å². The second kappa shape index (κ2) is 4.93. The number of nitrogens with zero attached hydrogens (tertiary/aromatic N) is 1. The molecule has 18 heavy (non-hydrogen) atoms. The second-order valence-electron chi connectivity index (χ2n) is 4.37. The third kappa shape index (κ3) is 3.19. The Morgan fingerprint density at radius 3 is 2.22 bits per heavy atom. The van der Waals surface area contributed by atoms with Crippen LogP contribution in [0, 0.1) is 10.1 Å². The fourth-order valence-electron chi connectivity index (χ4n) is 1.95. The second-order valence-corrected chi connectivity index (χ2v) is 6.68. The summed E-state index contributed by atoms with van der Waals surface area (Å²) in [5, 5.41) is 13.7. The van der Waals surface area contributed by atoms with Gasteiger partial charge in [-0.1, -0.05) is 0 Å². The van der Waals surface area contributed by atoms with Crippen LogP contribution in [-0.4, -0.2) is 30.9 Å². The summed E-state index contributed by atoms with van der Waals surface area (Å²) in [6.07, 6.45) is 1.17. The molecule has 0 aromatic heterocycles. The van der Waals surface area contributed by atoms with Gasteiger partial charge in [0, 0.05) is 23.9 Å². The predicted octanol–water partition coefficient (Wildman–Crippen LogP) is 1.58. The van der Waals surface area contributed by atoms with Crippen LogP contribution in [0.2, 0.25) is 0 Å². The van der Waals surface area contributed by atoms with Crippen LogP contribution >= 0.6 is 0 Å². The minimum Gasteiger partial charge on any atom is -0.382 e. The summed E-state index contributed by atoms with van der Waals surface area (Å²) in [6.45, 7) is 0. The molecule has 2 rings (SSSR count). The van der Waals surface area contributed by atoms with Gasteiger partial charge < -0.3 is 5.32 Å². The lowest BCUT2D eigenvalue weighted by Gasteiger charge is -2.23. The van der Waals surface area contributed by atoms with Crippen molar-refractivity contribution in [1.82, 2.24) is 0 Å². The fourth-order valence-corrected chi connectivity index (χ4v) is 3.44. The van der Waals surface area contributed by atoms with Crippen molar-refractivity contribution in [2.75, 3.05) is 16.8 Å². The van der Waals surface area contributed by atoms with Gasteiger partial charge in [-0.05, 0) is 25.0 Å². The molecule has 0 spiro atoms. The Bertz CT molecular complexity index is 525. The highest BCUT2D eigenvalue weighted by molar-refractivity contribution is 7.91. The van der Waals surface area contributed by atoms with E-state index in [0.717, 1.165) is 5.69 Å². The Labute approximate surface area is 105 Å². The van der Waals surface area contributed by atoms with Gasteiger partial charge >= 0.3 is 0 Å². The van der Waals surface area contributed by atoms with E-state index in [1.807, 2.05) is 0 Å². The molecule has 0 unspecified atom stereocenters. The van der Waals surface area contributed by atoms with Crippen LogP contribution in [0.25, 0.3) is 0 Å². The number of non-ortho nitro benzene ring substituents is 1. The summed E-state index contributed by atoms with van der Waals surface area (Å²) in [6, 6.07) is 6.27. The van der Waals surface area contributed by atoms with Gasteiger partial charge in [-0.3, -0.25) is 10.1 Å². The average molecular weight is 270 g/mol. The molecule has 1 fully saturated rings. The van der Waals surface area contributed by atoms with Crippen molar-refractivity contribution < 1.29 is 13.3 Å². The number of hydrogen-bond donors (Lipinski definition) is 1. The molecule has 0 atom stereocenters. The molecule has 1 N–H and O–H groups in total. The number of nitrogens with one attached hydrogen (secondary N) is 1. The van der Waals surface area contributed by atoms with E-state index in [1.54, 1.807) is 12.1 Å². The minimum atomic E-state index is -2.86. The molecule has 98 valence electrons. The summed E-state index contributed by atoms with van der Waals surface area (Å²) in [5.74, 6) is 0.412. The first kappa shape index (κ1) is 12.8. The van der Waals surface area contributed by atoms with E-state index < -0.39 is 14.8 Å². The third-order valence-corrected chi connectivity index (χ3v) is 4.72. The van der Waals surface area contributed by atoms with Gasteiger partial charge in [0.2, 0.25) is 0 Å². The molecule has 1 aromatic rings. The first-order chi connectivity index (χ1) is 8.46. The largest absolute Gasteiger partial charge is 0.382 e. The van der Waals surface area contributed by atoms with Crippen molar-refractivity contribution in [3.63, 3.8) is 0 Å². The third-order valence-electron chi connectivity index (χ3n) is 3.00. The number of nitro groups is 1. The van der Waals surface area contributed by atoms with Crippen LogP contribution < -0.4 is 5.32 Å². The van der Waals surface area contributed by atoms with E-state index in [9.17, 15) is 18.5 Å². The molecule has 0 bridgehead atoms. The summed E-state index contributed by atoms with van der Waals surface area (Å²) >= 11 is 0. The van der Waals surface area contributed by atoms with Crippen LogP contribution in [-0.2, 0) is 9.84 Å². The maximum absolute atomic E-state index is 11.3. The van der Waals surface area contributed by atoms with Gasteiger partial charge in [-0.25, -0.2) is 8.42 Å². The zero-order chi connectivity index (χ0) is 13.2. The summed E-state index contributed by atoms with van der Waals surface area (Å²) in [7, 11) is -2.86. The van der Waals surface area contributed by atoms with Crippen LogP contribution in [0.4, 0.5) is 11.4 Å². The number of hydrogen-bond acceptors (Lipinski definition) is 5. The van der Waals surface area contributed by atoms with E-state index in [1.165, 1.54) is 12.1 Å². The highest BCUT2D eigenvalue weighted by Crippen LogP contribution is 2.20. The molecule has 0 amide bonds. The predicted molar refractivity (Wildman–Crippen MR) is 68.4 cm³/mol. The normalized spacial score (nSPS) is 19.3. The maximum atomic E-state index is 11.3. The van der Waals surface area contributed by atoms with E-state index in [2.05, 4.69) is 5.32 Å². The van der Waals surface area contributed by atoms with E-state index in [0.29, 0.717) is 12.8 Å². The number of anilines is 1. The van der Waals surface area contributed by atoms with E-state index in [-0.39, 0.29) is 23.2 Å². The smallest absolute Gasteiger partial charge is 0.269 e. The molecule has 1 saturated heterocycles. The Hall–Kier alpha value is -1.63. The van der Waals surface area contributed by atoms with Crippen molar-refractivity contribution in [3.8, 4) is 0 Å². The van der Waals surface area contributed by atoms with Crippen molar-refractivity contribution in [3.05, 3.63) is 34.4 Å². The highest BCUT2D eigenvalue weighted by Gasteiger charge is 2.23. The summed E-state index contributed by atoms with van der Waals surface area (Å²) in [4.78, 5) is 10.0. The summed E-state index contributed by atoms with van der Waals surface area (Å²) < 4.78 is 22.5. The molecule has 1 aliphatic heterocycles. The number of benzene rings is 1. The van der Waals surface area contributed by atoms with Gasteiger partial charge in [-0.15, -0.1) is 0 Å². The van der Waals surface area contributed by atoms with Crippen LogP contribution in [0.1, 0.15) is 12.8 Å². The molecule has 1 heterocycles. The van der Waals surface area contributed by atoms with Crippen LogP contribution in [0.15, 0.2) is 24.3 Å². The fraction of sp³-hybridized carbons (Fsp3) is 0.455. The monoisotopic (exact) mass is 270 g/mol. The quantitative estimate of drug-likeness (QED) is 0.665. The SMILES string of the molecule is O=[N+]([O-])c1ccc(NC2CCS(=O)(=O)CC2)cc1. The zero-order valence-electron chi connectivity index (χ0n) is 9.70. The van der Waals surface area contributed by atoms with Crippen molar-refractivity contribution >= 4 is 21.2 Å². The lowest BCUT2D eigenvalue weighted by molar-refractivity contribution is -0.384. The Balaban J connectivity index is 1.96. The molecular weight excluding hydrogens is 256 g/mol. The molecule has 1 aliphatic rings. The molecule has 0 saturated carbocycles. The minimum absolute atomic E-state index is 0.0479. The number of nitro benzene ring substituents is 1. The Morgan fingerprint density at radius 1 is 1.17 bits per heavy atom. The number of rotatable bonds is 3. The lowest BCUT2D eigenvalue weighted by Crippen LogP contribution is -2.32. The van der Waals surface area contributed by atoms with Gasteiger partial charge in [0.15, 0.2) is 0 Å². The topological polar surface area (TPSA) is 89.3 Å². The maximum Gasteiger partial charge on any atom is 0.269 e. The van der Waals surface area contributed by atoms with Gasteiger partial charge in [-0.2, -0.15) is 0 Å². The van der Waals surface area contributed by atoms with Gasteiger partial charge in [0.05, 0.1) is 16.4 Å². The van der Waals surface area contributed by atoms with Crippen LogP contribution in [0.5, 0.6) is 0 Å². The van der Waals surface area contributed by atoms with Crippen molar-refractivity contribution in [2.24, 2.45) is 0 Å². The molecule has 0 radical (unpaired) electrons. The number of sulfone groups is 1. The van der Waals surface area contributed by atoms with E-state index in [4.69, 9.17) is 0 Å². The molecule has 6 nitrogen and oxygen atoms in total. The van der Waals surface area contributed by atoms with Gasteiger partial charge in [0.25, 0.3) is 5.69 Å². The van der Waals surface area contributed by atoms with Crippen LogP contribution in [0.3, 0.4) is 0 Å². The molecular formula is C11H14N2O4S. The first-order valence-corrected chi connectivity index (χ1v) is 7.50. The summed E-state index contributed by atoms with van der Waals surface area (Å²) in [5.41, 5.74) is 0.830. The average Bonchev–Trinajstić information content (AvgIpc) is 2.33. The Morgan fingerprint density at radius 2 is 1.72 bits per heavy atom. The zero-order valence-corrected chi connectivity index (χ0v) is 10.5. The highest BCUT2D eigenvalue weighted by atomic mass is 32.2. The van der Waals surface area contributed by atoms with Crippen molar-refractivity contribution in [2.45, 2.75) is 18.9 Å².